The van der Waals surface area contributed by atoms with Gasteiger partial charge in [-0.2, -0.15) is 0 Å². The summed E-state index contributed by atoms with van der Waals surface area (Å²) in [4.78, 5) is 13.0. The van der Waals surface area contributed by atoms with E-state index >= 15 is 0 Å². The van der Waals surface area contributed by atoms with Crippen molar-refractivity contribution in [1.29, 1.82) is 0 Å². The van der Waals surface area contributed by atoms with E-state index in [2.05, 4.69) is 31.9 Å². The fraction of sp³-hybridized carbons (Fsp3) is 0.118. The van der Waals surface area contributed by atoms with Crippen LogP contribution in [0.2, 0.25) is 0 Å². The van der Waals surface area contributed by atoms with E-state index < -0.39 is 0 Å². The van der Waals surface area contributed by atoms with Gasteiger partial charge in [-0.3, -0.25) is 4.79 Å². The number of phenols is 1. The lowest BCUT2D eigenvalue weighted by molar-refractivity contribution is 0.103. The number of hydrogen-bond donors (Lipinski definition) is 1. The first-order valence-corrected chi connectivity index (χ1v) is 8.43. The van der Waals surface area contributed by atoms with Gasteiger partial charge in [0.2, 0.25) is 5.78 Å². The minimum atomic E-state index is -0.0653. The van der Waals surface area contributed by atoms with Crippen LogP contribution in [0.4, 0.5) is 0 Å². The van der Waals surface area contributed by atoms with Crippen LogP contribution in [0.5, 0.6) is 5.75 Å². The van der Waals surface area contributed by atoms with Crippen molar-refractivity contribution in [2.45, 2.75) is 13.3 Å². The van der Waals surface area contributed by atoms with E-state index in [0.717, 1.165) is 22.0 Å². The molecule has 2 aromatic heterocycles. The number of ketones is 1. The molecule has 0 unspecified atom stereocenters. The van der Waals surface area contributed by atoms with Crippen molar-refractivity contribution < 1.29 is 9.90 Å². The monoisotopic (exact) mass is 421 g/mol. The molecule has 2 heterocycles. The number of benzene rings is 1. The van der Waals surface area contributed by atoms with Crippen molar-refractivity contribution in [2.75, 3.05) is 0 Å². The summed E-state index contributed by atoms with van der Waals surface area (Å²) in [6, 6.07) is 10.6. The van der Waals surface area contributed by atoms with Gasteiger partial charge >= 0.3 is 0 Å². The molecule has 0 radical (unpaired) electrons. The Morgan fingerprint density at radius 1 is 1.23 bits per heavy atom. The number of hydrogen-bond acceptors (Lipinski definition) is 2. The molecule has 5 heteroatoms. The van der Waals surface area contributed by atoms with Crippen molar-refractivity contribution in [1.82, 2.24) is 4.40 Å². The summed E-state index contributed by atoms with van der Waals surface area (Å²) in [6.07, 6.45) is 2.64. The average molecular weight is 423 g/mol. The maximum Gasteiger partial charge on any atom is 0.210 e. The third-order valence-corrected chi connectivity index (χ3v) is 5.17. The molecule has 0 aliphatic rings. The number of carbonyl (C=O) groups is 1. The zero-order valence-corrected chi connectivity index (χ0v) is 15.0. The molecule has 0 bridgehead atoms. The van der Waals surface area contributed by atoms with Crippen LogP contribution in [0.15, 0.2) is 51.5 Å². The first-order valence-electron chi connectivity index (χ1n) is 6.85. The SMILES string of the molecule is CCc1c(Br)c2ccccn2c1C(=O)c1ccc(O)c(Br)c1. The molecule has 0 saturated heterocycles. The Morgan fingerprint density at radius 2 is 2.00 bits per heavy atom. The van der Waals surface area contributed by atoms with Crippen LogP contribution < -0.4 is 0 Å². The summed E-state index contributed by atoms with van der Waals surface area (Å²) in [5, 5.41) is 9.60. The van der Waals surface area contributed by atoms with E-state index in [4.69, 9.17) is 0 Å². The van der Waals surface area contributed by atoms with Crippen molar-refractivity contribution in [2.24, 2.45) is 0 Å². The number of rotatable bonds is 3. The van der Waals surface area contributed by atoms with Gasteiger partial charge in [0.15, 0.2) is 0 Å². The highest BCUT2D eigenvalue weighted by molar-refractivity contribution is 9.11. The molecule has 0 aliphatic heterocycles. The van der Waals surface area contributed by atoms with Crippen molar-refractivity contribution >= 4 is 43.2 Å². The summed E-state index contributed by atoms with van der Waals surface area (Å²) in [5.41, 5.74) is 3.15. The second kappa shape index (κ2) is 5.89. The zero-order chi connectivity index (χ0) is 15.9. The van der Waals surface area contributed by atoms with Gasteiger partial charge in [-0.05, 0) is 74.2 Å². The van der Waals surface area contributed by atoms with E-state index in [9.17, 15) is 9.90 Å². The average Bonchev–Trinajstić information content (AvgIpc) is 2.82. The molecule has 0 amide bonds. The van der Waals surface area contributed by atoms with Crippen LogP contribution in [0, 0.1) is 0 Å². The van der Waals surface area contributed by atoms with Crippen molar-refractivity contribution in [3.05, 3.63) is 68.4 Å². The third kappa shape index (κ3) is 2.38. The number of nitrogens with zero attached hydrogens (tertiary/aromatic N) is 1. The Bertz CT molecular complexity index is 884. The highest BCUT2D eigenvalue weighted by atomic mass is 79.9. The Balaban J connectivity index is 2.24. The molecule has 0 fully saturated rings. The standard InChI is InChI=1S/C17H13Br2NO2/c1-2-11-15(19)13-5-3-4-8-20(13)16(11)17(22)10-6-7-14(21)12(18)9-10/h3-9,21H,2H2,1H3. The Hall–Kier alpha value is -1.59. The molecule has 0 aliphatic carbocycles. The Morgan fingerprint density at radius 3 is 2.68 bits per heavy atom. The second-order valence-electron chi connectivity index (χ2n) is 4.95. The summed E-state index contributed by atoms with van der Waals surface area (Å²) in [6.45, 7) is 2.03. The van der Waals surface area contributed by atoms with E-state index in [0.29, 0.717) is 15.7 Å². The smallest absolute Gasteiger partial charge is 0.210 e. The molecule has 3 rings (SSSR count). The lowest BCUT2D eigenvalue weighted by atomic mass is 10.0. The summed E-state index contributed by atoms with van der Waals surface area (Å²) >= 11 is 6.87. The lowest BCUT2D eigenvalue weighted by Gasteiger charge is -2.06. The molecule has 1 aromatic carbocycles. The number of halogens is 2. The molecule has 0 spiro atoms. The van der Waals surface area contributed by atoms with Gasteiger partial charge in [-0.1, -0.05) is 13.0 Å². The minimum Gasteiger partial charge on any atom is -0.507 e. The molecule has 0 atom stereocenters. The maximum absolute atomic E-state index is 13.0. The first-order chi connectivity index (χ1) is 10.5. The predicted octanol–water partition coefficient (Wildman–Crippen LogP) is 4.96. The third-order valence-electron chi connectivity index (χ3n) is 3.65. The Kier molecular flexibility index (Phi) is 4.10. The predicted molar refractivity (Wildman–Crippen MR) is 93.7 cm³/mol. The molecular formula is C17H13Br2NO2. The normalized spacial score (nSPS) is 11.0. The highest BCUT2D eigenvalue weighted by Gasteiger charge is 2.22. The molecule has 0 saturated carbocycles. The van der Waals surface area contributed by atoms with Crippen LogP contribution in [0.1, 0.15) is 28.5 Å². The number of phenolic OH excluding ortho intramolecular Hbond substituents is 1. The fourth-order valence-corrected chi connectivity index (χ4v) is 3.75. The second-order valence-corrected chi connectivity index (χ2v) is 6.59. The molecule has 22 heavy (non-hydrogen) atoms. The van der Waals surface area contributed by atoms with Crippen LogP contribution in [0.3, 0.4) is 0 Å². The number of carbonyl (C=O) groups excluding carboxylic acids is 1. The first kappa shape index (κ1) is 15.3. The Labute approximate surface area is 144 Å². The van der Waals surface area contributed by atoms with Crippen LogP contribution >= 0.6 is 31.9 Å². The van der Waals surface area contributed by atoms with Gasteiger partial charge in [-0.25, -0.2) is 0 Å². The van der Waals surface area contributed by atoms with Gasteiger partial charge in [0.05, 0.1) is 15.7 Å². The maximum atomic E-state index is 13.0. The van der Waals surface area contributed by atoms with Gasteiger partial charge in [-0.15, -0.1) is 0 Å². The largest absolute Gasteiger partial charge is 0.507 e. The number of aromatic nitrogens is 1. The highest BCUT2D eigenvalue weighted by Crippen LogP contribution is 2.32. The van der Waals surface area contributed by atoms with E-state index in [1.807, 2.05) is 35.7 Å². The van der Waals surface area contributed by atoms with Crippen LogP contribution in [0.25, 0.3) is 5.52 Å². The van der Waals surface area contributed by atoms with E-state index in [1.54, 1.807) is 12.1 Å². The quantitative estimate of drug-likeness (QED) is 0.606. The van der Waals surface area contributed by atoms with Crippen LogP contribution in [-0.4, -0.2) is 15.3 Å². The molecular weight excluding hydrogens is 410 g/mol. The van der Waals surface area contributed by atoms with E-state index in [1.165, 1.54) is 6.07 Å². The summed E-state index contributed by atoms with van der Waals surface area (Å²) in [5.74, 6) is 0.0536. The molecule has 112 valence electrons. The summed E-state index contributed by atoms with van der Waals surface area (Å²) in [7, 11) is 0. The van der Waals surface area contributed by atoms with Crippen LogP contribution in [-0.2, 0) is 6.42 Å². The van der Waals surface area contributed by atoms with Crippen molar-refractivity contribution in [3.8, 4) is 5.75 Å². The minimum absolute atomic E-state index is 0.0653. The number of fused-ring (bicyclic) bond motifs is 1. The van der Waals surface area contributed by atoms with E-state index in [-0.39, 0.29) is 11.5 Å². The summed E-state index contributed by atoms with van der Waals surface area (Å²) < 4.78 is 3.37. The molecule has 3 nitrogen and oxygen atoms in total. The number of pyridine rings is 1. The molecule has 1 N–H and O–H groups in total. The van der Waals surface area contributed by atoms with Gasteiger partial charge < -0.3 is 9.51 Å². The fourth-order valence-electron chi connectivity index (χ4n) is 2.57. The number of aromatic hydroxyl groups is 1. The topological polar surface area (TPSA) is 41.7 Å². The van der Waals surface area contributed by atoms with Gasteiger partial charge in [0.1, 0.15) is 5.75 Å². The zero-order valence-electron chi connectivity index (χ0n) is 11.8. The lowest BCUT2D eigenvalue weighted by Crippen LogP contribution is -2.08. The van der Waals surface area contributed by atoms with Gasteiger partial charge in [0.25, 0.3) is 0 Å². The van der Waals surface area contributed by atoms with Gasteiger partial charge in [0, 0.05) is 16.2 Å². The molecule has 3 aromatic rings. The van der Waals surface area contributed by atoms with Crippen molar-refractivity contribution in [3.63, 3.8) is 0 Å².